The Hall–Kier alpha value is -3.32. The molecule has 4 aromatic rings. The second-order valence-electron chi connectivity index (χ2n) is 6.44. The van der Waals surface area contributed by atoms with Crippen LogP contribution in [0.1, 0.15) is 21.5 Å². The molecule has 0 fully saturated rings. The maximum absolute atomic E-state index is 14.2. The number of benzene rings is 3. The van der Waals surface area contributed by atoms with E-state index in [1.165, 1.54) is 0 Å². The summed E-state index contributed by atoms with van der Waals surface area (Å²) in [6.45, 7) is -0.439. The molecule has 3 N–H and O–H groups in total. The average molecular weight is 383 g/mol. The molecule has 28 heavy (non-hydrogen) atoms. The third-order valence-electron chi connectivity index (χ3n) is 4.70. The molecule has 0 bridgehead atoms. The predicted octanol–water partition coefficient (Wildman–Crippen LogP) is 3.65. The van der Waals surface area contributed by atoms with Gasteiger partial charge in [-0.3, -0.25) is 4.79 Å². The van der Waals surface area contributed by atoms with Gasteiger partial charge in [0.05, 0.1) is 24.2 Å². The highest BCUT2D eigenvalue weighted by Crippen LogP contribution is 2.33. The molecule has 141 valence electrons. The van der Waals surface area contributed by atoms with Gasteiger partial charge < -0.3 is 15.4 Å². The van der Waals surface area contributed by atoms with Crippen LogP contribution in [0.2, 0.25) is 0 Å². The maximum Gasteiger partial charge on any atom is 0.249 e. The molecule has 1 radical (unpaired) electrons. The Morgan fingerprint density at radius 1 is 1.14 bits per heavy atom. The summed E-state index contributed by atoms with van der Waals surface area (Å²) >= 11 is 0. The molecule has 4 rings (SSSR count). The van der Waals surface area contributed by atoms with E-state index in [9.17, 15) is 23.1 Å². The average Bonchev–Trinajstić information content (AvgIpc) is 2.98. The summed E-state index contributed by atoms with van der Waals surface area (Å²) in [4.78, 5) is 11.9. The lowest BCUT2D eigenvalue weighted by molar-refractivity contribution is 0.100. The third-order valence-corrected chi connectivity index (χ3v) is 4.70. The normalized spacial score (nSPS) is 11.4. The fourth-order valence-electron chi connectivity index (χ4n) is 3.46. The number of nitrogens with two attached hydrogens (primary N) is 1. The lowest BCUT2D eigenvalue weighted by Gasteiger charge is -2.10. The van der Waals surface area contributed by atoms with Crippen molar-refractivity contribution < 1.29 is 23.1 Å². The zero-order valence-corrected chi connectivity index (χ0v) is 14.5. The fraction of sp³-hybridized carbons (Fsp3) is 0.0952. The van der Waals surface area contributed by atoms with Crippen molar-refractivity contribution in [1.82, 2.24) is 4.57 Å². The van der Waals surface area contributed by atoms with Crippen LogP contribution in [0.15, 0.2) is 42.5 Å². The number of aliphatic hydroxyl groups excluding tert-OH is 1. The zero-order valence-electron chi connectivity index (χ0n) is 14.5. The molecule has 1 aromatic heterocycles. The number of aromatic nitrogens is 1. The van der Waals surface area contributed by atoms with E-state index < -0.39 is 23.4 Å². The molecule has 0 saturated carbocycles. The number of primary amides is 1. The SMILES string of the molecule is NC(=O)c1cccc2c1c1[c]cc(CO)cc1n2Cc1cc(F)cc(F)c1F. The first-order chi connectivity index (χ1) is 13.4. The van der Waals surface area contributed by atoms with Gasteiger partial charge in [0.25, 0.3) is 0 Å². The molecule has 4 nitrogen and oxygen atoms in total. The lowest BCUT2D eigenvalue weighted by Crippen LogP contribution is -2.11. The van der Waals surface area contributed by atoms with Crippen LogP contribution < -0.4 is 5.73 Å². The summed E-state index contributed by atoms with van der Waals surface area (Å²) in [5, 5.41) is 10.5. The van der Waals surface area contributed by atoms with Crippen LogP contribution in [-0.4, -0.2) is 15.6 Å². The van der Waals surface area contributed by atoms with Gasteiger partial charge in [0.1, 0.15) is 5.82 Å². The Balaban J connectivity index is 2.06. The number of rotatable bonds is 4. The highest BCUT2D eigenvalue weighted by Gasteiger charge is 2.19. The second-order valence-corrected chi connectivity index (χ2v) is 6.44. The van der Waals surface area contributed by atoms with E-state index in [-0.39, 0.29) is 24.3 Å². The Morgan fingerprint density at radius 2 is 1.93 bits per heavy atom. The van der Waals surface area contributed by atoms with Gasteiger partial charge in [-0.05, 0) is 42.0 Å². The number of hydrogen-bond donors (Lipinski definition) is 2. The van der Waals surface area contributed by atoms with E-state index in [1.807, 2.05) is 0 Å². The number of nitrogens with zero attached hydrogens (tertiary/aromatic N) is 1. The van der Waals surface area contributed by atoms with Crippen LogP contribution in [0.25, 0.3) is 21.8 Å². The van der Waals surface area contributed by atoms with Crippen LogP contribution in [0.3, 0.4) is 0 Å². The highest BCUT2D eigenvalue weighted by molar-refractivity contribution is 6.17. The van der Waals surface area contributed by atoms with Gasteiger partial charge in [0.2, 0.25) is 5.91 Å². The Bertz CT molecular complexity index is 1250. The largest absolute Gasteiger partial charge is 0.392 e. The smallest absolute Gasteiger partial charge is 0.249 e. The summed E-state index contributed by atoms with van der Waals surface area (Å²) in [6.07, 6.45) is 0. The first kappa shape index (κ1) is 18.1. The Kier molecular flexibility index (Phi) is 4.31. The zero-order chi connectivity index (χ0) is 20.0. The van der Waals surface area contributed by atoms with Crippen LogP contribution in [0.4, 0.5) is 13.2 Å². The van der Waals surface area contributed by atoms with E-state index in [0.29, 0.717) is 33.4 Å². The van der Waals surface area contributed by atoms with Crippen molar-refractivity contribution in [2.75, 3.05) is 0 Å². The molecular formula is C21H14F3N2O2. The van der Waals surface area contributed by atoms with Crippen molar-refractivity contribution in [3.05, 3.63) is 82.7 Å². The highest BCUT2D eigenvalue weighted by atomic mass is 19.2. The van der Waals surface area contributed by atoms with Crippen molar-refractivity contribution in [2.24, 2.45) is 5.73 Å². The summed E-state index contributed by atoms with van der Waals surface area (Å²) in [5.41, 5.74) is 7.16. The van der Waals surface area contributed by atoms with Gasteiger partial charge >= 0.3 is 0 Å². The molecule has 0 aliphatic carbocycles. The molecule has 7 heteroatoms. The molecule has 0 aliphatic heterocycles. The summed E-state index contributed by atoms with van der Waals surface area (Å²) < 4.78 is 43.2. The number of halogens is 3. The van der Waals surface area contributed by atoms with E-state index in [0.717, 1.165) is 6.07 Å². The maximum atomic E-state index is 14.2. The molecule has 3 aromatic carbocycles. The predicted molar refractivity (Wildman–Crippen MR) is 98.1 cm³/mol. The van der Waals surface area contributed by atoms with Crippen molar-refractivity contribution in [3.63, 3.8) is 0 Å². The Morgan fingerprint density at radius 3 is 2.64 bits per heavy atom. The van der Waals surface area contributed by atoms with Gasteiger partial charge in [-0.2, -0.15) is 0 Å². The van der Waals surface area contributed by atoms with Gasteiger partial charge in [-0.1, -0.05) is 6.07 Å². The molecule has 0 aliphatic rings. The number of aliphatic hydroxyl groups is 1. The number of carbonyl (C=O) groups excluding carboxylic acids is 1. The topological polar surface area (TPSA) is 68.2 Å². The number of carbonyl (C=O) groups is 1. The monoisotopic (exact) mass is 383 g/mol. The summed E-state index contributed by atoms with van der Waals surface area (Å²) in [7, 11) is 0. The van der Waals surface area contributed by atoms with Crippen LogP contribution in [0, 0.1) is 23.5 Å². The second kappa shape index (κ2) is 6.69. The molecule has 0 spiro atoms. The molecule has 1 heterocycles. The van der Waals surface area contributed by atoms with Crippen molar-refractivity contribution in [2.45, 2.75) is 13.2 Å². The third kappa shape index (κ3) is 2.80. The van der Waals surface area contributed by atoms with Crippen molar-refractivity contribution >= 4 is 27.7 Å². The van der Waals surface area contributed by atoms with E-state index >= 15 is 0 Å². The fourth-order valence-corrected chi connectivity index (χ4v) is 3.46. The number of hydrogen-bond acceptors (Lipinski definition) is 2. The van der Waals surface area contributed by atoms with Gasteiger partial charge in [-0.15, -0.1) is 0 Å². The van der Waals surface area contributed by atoms with Crippen molar-refractivity contribution in [1.29, 1.82) is 0 Å². The number of amides is 1. The van der Waals surface area contributed by atoms with Crippen LogP contribution in [-0.2, 0) is 13.2 Å². The van der Waals surface area contributed by atoms with E-state index in [4.69, 9.17) is 5.73 Å². The molecule has 1 amide bonds. The molecular weight excluding hydrogens is 369 g/mol. The van der Waals surface area contributed by atoms with Crippen LogP contribution >= 0.6 is 0 Å². The Labute approximate surface area is 157 Å². The van der Waals surface area contributed by atoms with E-state index in [2.05, 4.69) is 6.07 Å². The number of fused-ring (bicyclic) bond motifs is 3. The van der Waals surface area contributed by atoms with Crippen molar-refractivity contribution in [3.8, 4) is 0 Å². The van der Waals surface area contributed by atoms with Gasteiger partial charge in [0.15, 0.2) is 11.6 Å². The quantitative estimate of drug-likeness (QED) is 0.528. The van der Waals surface area contributed by atoms with E-state index in [1.54, 1.807) is 34.9 Å². The standard InChI is InChI=1S/C21H14F3N2O2/c22-13-7-12(20(24)16(23)8-13)9-26-17-3-1-2-15(21(25)28)19(17)14-5-4-11(10-27)6-18(14)26/h1-4,6-8,27H,9-10H2,(H2,25,28). The first-order valence-corrected chi connectivity index (χ1v) is 8.40. The minimum Gasteiger partial charge on any atom is -0.392 e. The van der Waals surface area contributed by atoms with Gasteiger partial charge in [0, 0.05) is 28.0 Å². The minimum atomic E-state index is -1.28. The minimum absolute atomic E-state index is 0.185. The van der Waals surface area contributed by atoms with Crippen LogP contribution in [0.5, 0.6) is 0 Å². The van der Waals surface area contributed by atoms with Gasteiger partial charge in [-0.25, -0.2) is 13.2 Å². The lowest BCUT2D eigenvalue weighted by atomic mass is 10.0. The molecule has 0 saturated heterocycles. The summed E-state index contributed by atoms with van der Waals surface area (Å²) in [6, 6.07) is 12.5. The molecule has 0 atom stereocenters. The first-order valence-electron chi connectivity index (χ1n) is 8.40. The molecule has 0 unspecified atom stereocenters. The summed E-state index contributed by atoms with van der Waals surface area (Å²) in [5.74, 6) is -3.97.